The number of non-ortho nitro benzene ring substituents is 1. The molecule has 1 amide bonds. The van der Waals surface area contributed by atoms with Crippen LogP contribution in [0, 0.1) is 10.1 Å². The molecule has 17 heavy (non-hydrogen) atoms. The molecule has 0 aliphatic carbocycles. The summed E-state index contributed by atoms with van der Waals surface area (Å²) < 4.78 is 0. The number of alkyl halides is 1. The average Bonchev–Trinajstić information content (AvgIpc) is 2.29. The number of benzene rings is 1. The van der Waals surface area contributed by atoms with Crippen LogP contribution in [0.3, 0.4) is 0 Å². The van der Waals surface area contributed by atoms with Crippen molar-refractivity contribution in [1.82, 2.24) is 5.32 Å². The number of nitrogens with zero attached hydrogens (tertiary/aromatic N) is 1. The van der Waals surface area contributed by atoms with Crippen molar-refractivity contribution in [2.75, 3.05) is 6.54 Å². The van der Waals surface area contributed by atoms with E-state index in [0.29, 0.717) is 13.0 Å². The summed E-state index contributed by atoms with van der Waals surface area (Å²) in [7, 11) is 0. The van der Waals surface area contributed by atoms with E-state index in [1.807, 2.05) is 0 Å². The van der Waals surface area contributed by atoms with E-state index in [0.717, 1.165) is 5.56 Å². The molecule has 1 N–H and O–H groups in total. The zero-order valence-electron chi connectivity index (χ0n) is 9.35. The van der Waals surface area contributed by atoms with Crippen LogP contribution in [0.5, 0.6) is 0 Å². The van der Waals surface area contributed by atoms with Crippen LogP contribution < -0.4 is 5.32 Å². The number of carbonyl (C=O) groups excluding carboxylic acids is 1. The predicted molar refractivity (Wildman–Crippen MR) is 68.2 cm³/mol. The van der Waals surface area contributed by atoms with Gasteiger partial charge in [0.1, 0.15) is 0 Å². The number of rotatable bonds is 5. The van der Waals surface area contributed by atoms with Gasteiger partial charge in [0.05, 0.1) is 9.75 Å². The lowest BCUT2D eigenvalue weighted by molar-refractivity contribution is -0.384. The lowest BCUT2D eigenvalue weighted by Crippen LogP contribution is -2.30. The Morgan fingerprint density at radius 1 is 1.47 bits per heavy atom. The molecule has 1 rings (SSSR count). The fourth-order valence-electron chi connectivity index (χ4n) is 1.26. The first-order valence-corrected chi connectivity index (χ1v) is 6.07. The lowest BCUT2D eigenvalue weighted by atomic mass is 10.1. The van der Waals surface area contributed by atoms with E-state index in [4.69, 9.17) is 0 Å². The van der Waals surface area contributed by atoms with Gasteiger partial charge in [-0.3, -0.25) is 14.9 Å². The Bertz CT molecular complexity index is 404. The highest BCUT2D eigenvalue weighted by Crippen LogP contribution is 2.11. The van der Waals surface area contributed by atoms with Gasteiger partial charge in [0.2, 0.25) is 5.91 Å². The van der Waals surface area contributed by atoms with E-state index in [-0.39, 0.29) is 16.4 Å². The molecule has 0 aliphatic heterocycles. The quantitative estimate of drug-likeness (QED) is 0.514. The average molecular weight is 301 g/mol. The molecule has 0 aromatic heterocycles. The maximum absolute atomic E-state index is 11.2. The van der Waals surface area contributed by atoms with Gasteiger partial charge in [-0.05, 0) is 18.9 Å². The molecule has 0 heterocycles. The van der Waals surface area contributed by atoms with Crippen LogP contribution in [0.2, 0.25) is 0 Å². The number of nitrogens with one attached hydrogen (secondary N) is 1. The number of nitro benzene ring substituents is 1. The predicted octanol–water partition coefficient (Wildman–Crippen LogP) is 2.04. The van der Waals surface area contributed by atoms with Crippen molar-refractivity contribution in [1.29, 1.82) is 0 Å². The van der Waals surface area contributed by atoms with Crippen LogP contribution >= 0.6 is 15.9 Å². The largest absolute Gasteiger partial charge is 0.355 e. The van der Waals surface area contributed by atoms with Crippen molar-refractivity contribution in [3.8, 4) is 0 Å². The van der Waals surface area contributed by atoms with Crippen molar-refractivity contribution in [2.45, 2.75) is 18.2 Å². The number of amides is 1. The fourth-order valence-corrected chi connectivity index (χ4v) is 1.42. The van der Waals surface area contributed by atoms with Gasteiger partial charge in [0.25, 0.3) is 5.69 Å². The highest BCUT2D eigenvalue weighted by molar-refractivity contribution is 9.10. The molecule has 1 atom stereocenters. The minimum absolute atomic E-state index is 0.0630. The Morgan fingerprint density at radius 2 is 2.06 bits per heavy atom. The molecule has 5 nitrogen and oxygen atoms in total. The van der Waals surface area contributed by atoms with Gasteiger partial charge in [-0.1, -0.05) is 28.1 Å². The van der Waals surface area contributed by atoms with E-state index in [2.05, 4.69) is 21.2 Å². The summed E-state index contributed by atoms with van der Waals surface area (Å²) in [5.41, 5.74) is 1.03. The second kappa shape index (κ2) is 6.34. The van der Waals surface area contributed by atoms with E-state index >= 15 is 0 Å². The third-order valence-corrected chi connectivity index (χ3v) is 2.64. The topological polar surface area (TPSA) is 72.2 Å². The van der Waals surface area contributed by atoms with Crippen molar-refractivity contribution in [3.05, 3.63) is 39.9 Å². The van der Waals surface area contributed by atoms with Crippen LogP contribution in [0.25, 0.3) is 0 Å². The van der Waals surface area contributed by atoms with Gasteiger partial charge < -0.3 is 5.32 Å². The van der Waals surface area contributed by atoms with Gasteiger partial charge in [0.15, 0.2) is 0 Å². The fraction of sp³-hybridized carbons (Fsp3) is 0.364. The summed E-state index contributed by atoms with van der Waals surface area (Å²) in [4.78, 5) is 21.0. The zero-order chi connectivity index (χ0) is 12.8. The number of carbonyl (C=O) groups is 1. The Hall–Kier alpha value is -1.43. The lowest BCUT2D eigenvalue weighted by Gasteiger charge is -2.06. The molecule has 0 saturated carbocycles. The molecule has 0 spiro atoms. The minimum Gasteiger partial charge on any atom is -0.355 e. The van der Waals surface area contributed by atoms with Crippen molar-refractivity contribution < 1.29 is 9.72 Å². The second-order valence-electron chi connectivity index (χ2n) is 3.58. The summed E-state index contributed by atoms with van der Waals surface area (Å²) in [6.07, 6.45) is 0.656. The van der Waals surface area contributed by atoms with E-state index in [1.54, 1.807) is 19.1 Å². The summed E-state index contributed by atoms with van der Waals surface area (Å²) in [6.45, 7) is 2.27. The molecule has 92 valence electrons. The first-order chi connectivity index (χ1) is 8.00. The summed E-state index contributed by atoms with van der Waals surface area (Å²) in [5, 5.41) is 13.2. The molecular formula is C11H13BrN2O3. The second-order valence-corrected chi connectivity index (χ2v) is 4.95. The normalized spacial score (nSPS) is 11.9. The number of halogens is 1. The Labute approximate surface area is 107 Å². The van der Waals surface area contributed by atoms with Gasteiger partial charge in [0, 0.05) is 18.7 Å². The molecule has 0 aliphatic rings. The van der Waals surface area contributed by atoms with E-state index in [1.165, 1.54) is 12.1 Å². The zero-order valence-corrected chi connectivity index (χ0v) is 10.9. The van der Waals surface area contributed by atoms with Crippen LogP contribution in [0.15, 0.2) is 24.3 Å². The van der Waals surface area contributed by atoms with Crippen LogP contribution in [0.1, 0.15) is 12.5 Å². The Balaban J connectivity index is 2.42. The monoisotopic (exact) mass is 300 g/mol. The smallest absolute Gasteiger partial charge is 0.269 e. The molecule has 0 fully saturated rings. The highest BCUT2D eigenvalue weighted by atomic mass is 79.9. The van der Waals surface area contributed by atoms with Gasteiger partial charge in [-0.15, -0.1) is 0 Å². The maximum atomic E-state index is 11.2. The van der Waals surface area contributed by atoms with Crippen LogP contribution in [0.4, 0.5) is 5.69 Å². The third-order valence-electron chi connectivity index (χ3n) is 2.22. The molecule has 0 radical (unpaired) electrons. The summed E-state index contributed by atoms with van der Waals surface area (Å²) in [5.74, 6) is -0.0630. The van der Waals surface area contributed by atoms with Crippen molar-refractivity contribution in [3.63, 3.8) is 0 Å². The third kappa shape index (κ3) is 4.52. The molecule has 0 bridgehead atoms. The van der Waals surface area contributed by atoms with Crippen LogP contribution in [-0.2, 0) is 11.2 Å². The standard InChI is InChI=1S/C11H13BrN2O3/c1-8(12)11(15)13-7-6-9-2-4-10(5-3-9)14(16)17/h2-5,8H,6-7H2,1H3,(H,13,15). The van der Waals surface area contributed by atoms with Crippen LogP contribution in [-0.4, -0.2) is 22.2 Å². The first-order valence-electron chi connectivity index (χ1n) is 5.16. The number of hydrogen-bond acceptors (Lipinski definition) is 3. The summed E-state index contributed by atoms with van der Waals surface area (Å²) >= 11 is 3.16. The van der Waals surface area contributed by atoms with Gasteiger partial charge in [-0.2, -0.15) is 0 Å². The molecule has 1 unspecified atom stereocenters. The number of hydrogen-bond donors (Lipinski definition) is 1. The van der Waals surface area contributed by atoms with Gasteiger partial charge >= 0.3 is 0 Å². The van der Waals surface area contributed by atoms with E-state index < -0.39 is 4.92 Å². The SMILES string of the molecule is CC(Br)C(=O)NCCc1ccc([N+](=O)[O-])cc1. The molecule has 1 aromatic rings. The van der Waals surface area contributed by atoms with Crippen molar-refractivity contribution >= 4 is 27.5 Å². The molecule has 6 heteroatoms. The minimum atomic E-state index is -0.432. The molecule has 1 aromatic carbocycles. The van der Waals surface area contributed by atoms with Crippen molar-refractivity contribution in [2.24, 2.45) is 0 Å². The Kier molecular flexibility index (Phi) is 5.09. The maximum Gasteiger partial charge on any atom is 0.269 e. The first kappa shape index (κ1) is 13.6. The summed E-state index contributed by atoms with van der Waals surface area (Å²) in [6, 6.07) is 6.32. The Morgan fingerprint density at radius 3 is 2.53 bits per heavy atom. The number of nitro groups is 1. The highest BCUT2D eigenvalue weighted by Gasteiger charge is 2.07. The van der Waals surface area contributed by atoms with Gasteiger partial charge in [-0.25, -0.2) is 0 Å². The van der Waals surface area contributed by atoms with E-state index in [9.17, 15) is 14.9 Å². The molecular weight excluding hydrogens is 288 g/mol. The molecule has 0 saturated heterocycles.